The minimum absolute atomic E-state index is 0.0148. The Bertz CT molecular complexity index is 130. The maximum Gasteiger partial charge on any atom is 0.0634 e. The van der Waals surface area contributed by atoms with Crippen LogP contribution in [0.25, 0.3) is 0 Å². The summed E-state index contributed by atoms with van der Waals surface area (Å²) >= 11 is 0. The minimum atomic E-state index is 0.0148. The van der Waals surface area contributed by atoms with Gasteiger partial charge in [-0.2, -0.15) is 0 Å². The molecule has 0 bridgehead atoms. The number of hydrogen-bond donors (Lipinski definition) is 1. The Morgan fingerprint density at radius 2 is 1.79 bits per heavy atom. The van der Waals surface area contributed by atoms with Crippen molar-refractivity contribution >= 4 is 0 Å². The highest BCUT2D eigenvalue weighted by atomic mass is 16.5. The number of rotatable bonds is 8. The SMILES string of the molecule is CCC(CC)CNCCC(C)(C)OC. The van der Waals surface area contributed by atoms with E-state index in [1.807, 2.05) is 0 Å². The van der Waals surface area contributed by atoms with Gasteiger partial charge in [-0.3, -0.25) is 0 Å². The molecule has 86 valence electrons. The van der Waals surface area contributed by atoms with Crippen molar-refractivity contribution in [3.05, 3.63) is 0 Å². The summed E-state index contributed by atoms with van der Waals surface area (Å²) in [5, 5.41) is 3.50. The summed E-state index contributed by atoms with van der Waals surface area (Å²) in [6.07, 6.45) is 3.62. The van der Waals surface area contributed by atoms with Crippen LogP contribution in [0, 0.1) is 5.92 Å². The van der Waals surface area contributed by atoms with Crippen LogP contribution in [0.2, 0.25) is 0 Å². The van der Waals surface area contributed by atoms with Gasteiger partial charge in [-0.15, -0.1) is 0 Å². The van der Waals surface area contributed by atoms with Crippen molar-refractivity contribution in [3.8, 4) is 0 Å². The number of nitrogens with one attached hydrogen (secondary N) is 1. The van der Waals surface area contributed by atoms with Gasteiger partial charge >= 0.3 is 0 Å². The zero-order valence-electron chi connectivity index (χ0n) is 10.5. The molecule has 0 rings (SSSR count). The van der Waals surface area contributed by atoms with E-state index in [4.69, 9.17) is 4.74 Å². The van der Waals surface area contributed by atoms with E-state index in [0.29, 0.717) is 0 Å². The third kappa shape index (κ3) is 6.39. The molecule has 0 saturated carbocycles. The monoisotopic (exact) mass is 201 g/mol. The van der Waals surface area contributed by atoms with Gasteiger partial charge in [0.05, 0.1) is 5.60 Å². The molecule has 0 aliphatic heterocycles. The van der Waals surface area contributed by atoms with Crippen LogP contribution in [-0.2, 0) is 4.74 Å². The van der Waals surface area contributed by atoms with Crippen LogP contribution in [0.1, 0.15) is 47.0 Å². The number of ether oxygens (including phenoxy) is 1. The fourth-order valence-electron chi connectivity index (χ4n) is 1.38. The molecular formula is C12H27NO. The average molecular weight is 201 g/mol. The lowest BCUT2D eigenvalue weighted by molar-refractivity contribution is 0.0157. The van der Waals surface area contributed by atoms with Crippen LogP contribution in [0.4, 0.5) is 0 Å². The summed E-state index contributed by atoms with van der Waals surface area (Å²) in [5.41, 5.74) is 0.0148. The highest BCUT2D eigenvalue weighted by Crippen LogP contribution is 2.11. The Morgan fingerprint density at radius 1 is 1.21 bits per heavy atom. The van der Waals surface area contributed by atoms with Crippen molar-refractivity contribution in [2.45, 2.75) is 52.6 Å². The van der Waals surface area contributed by atoms with Crippen LogP contribution in [0.5, 0.6) is 0 Å². The molecule has 0 unspecified atom stereocenters. The Balaban J connectivity index is 3.45. The van der Waals surface area contributed by atoms with E-state index in [1.54, 1.807) is 7.11 Å². The summed E-state index contributed by atoms with van der Waals surface area (Å²) in [4.78, 5) is 0. The number of hydrogen-bond acceptors (Lipinski definition) is 2. The molecule has 0 aliphatic carbocycles. The summed E-state index contributed by atoms with van der Waals surface area (Å²) in [6, 6.07) is 0. The zero-order valence-corrected chi connectivity index (χ0v) is 10.5. The van der Waals surface area contributed by atoms with E-state index in [0.717, 1.165) is 25.4 Å². The molecule has 0 spiro atoms. The normalized spacial score (nSPS) is 12.4. The van der Waals surface area contributed by atoms with Gasteiger partial charge in [-0.1, -0.05) is 26.7 Å². The van der Waals surface area contributed by atoms with E-state index >= 15 is 0 Å². The molecule has 0 aromatic carbocycles. The van der Waals surface area contributed by atoms with Crippen molar-refractivity contribution in [1.82, 2.24) is 5.32 Å². The van der Waals surface area contributed by atoms with Gasteiger partial charge in [-0.25, -0.2) is 0 Å². The second-order valence-corrected chi connectivity index (χ2v) is 4.60. The van der Waals surface area contributed by atoms with Crippen molar-refractivity contribution in [2.24, 2.45) is 5.92 Å². The Labute approximate surface area is 89.4 Å². The van der Waals surface area contributed by atoms with Crippen LogP contribution in [0.3, 0.4) is 0 Å². The summed E-state index contributed by atoms with van der Waals surface area (Å²) in [7, 11) is 1.78. The molecule has 2 nitrogen and oxygen atoms in total. The van der Waals surface area contributed by atoms with Gasteiger partial charge in [0.25, 0.3) is 0 Å². The van der Waals surface area contributed by atoms with Gasteiger partial charge in [0, 0.05) is 7.11 Å². The van der Waals surface area contributed by atoms with Crippen LogP contribution in [0.15, 0.2) is 0 Å². The quantitative estimate of drug-likeness (QED) is 0.610. The summed E-state index contributed by atoms with van der Waals surface area (Å²) in [6.45, 7) is 11.0. The van der Waals surface area contributed by atoms with Gasteiger partial charge in [0.2, 0.25) is 0 Å². The second kappa shape index (κ2) is 7.24. The van der Waals surface area contributed by atoms with E-state index in [9.17, 15) is 0 Å². The molecule has 2 heteroatoms. The van der Waals surface area contributed by atoms with E-state index in [-0.39, 0.29) is 5.60 Å². The Morgan fingerprint density at radius 3 is 2.21 bits per heavy atom. The molecule has 0 radical (unpaired) electrons. The first-order valence-corrected chi connectivity index (χ1v) is 5.81. The van der Waals surface area contributed by atoms with E-state index in [1.165, 1.54) is 12.8 Å². The van der Waals surface area contributed by atoms with Gasteiger partial charge in [0.15, 0.2) is 0 Å². The molecule has 0 saturated heterocycles. The largest absolute Gasteiger partial charge is 0.379 e. The van der Waals surface area contributed by atoms with E-state index < -0.39 is 0 Å². The van der Waals surface area contributed by atoms with Gasteiger partial charge in [-0.05, 0) is 39.3 Å². The lowest BCUT2D eigenvalue weighted by Crippen LogP contribution is -2.31. The number of methoxy groups -OCH3 is 1. The first-order valence-electron chi connectivity index (χ1n) is 5.81. The highest BCUT2D eigenvalue weighted by Gasteiger charge is 2.15. The molecule has 0 atom stereocenters. The molecule has 0 aromatic heterocycles. The minimum Gasteiger partial charge on any atom is -0.379 e. The Kier molecular flexibility index (Phi) is 7.20. The second-order valence-electron chi connectivity index (χ2n) is 4.60. The van der Waals surface area contributed by atoms with Crippen molar-refractivity contribution < 1.29 is 4.74 Å². The maximum atomic E-state index is 5.36. The lowest BCUT2D eigenvalue weighted by Gasteiger charge is -2.23. The predicted octanol–water partition coefficient (Wildman–Crippen LogP) is 2.83. The third-order valence-corrected chi connectivity index (χ3v) is 3.04. The summed E-state index contributed by atoms with van der Waals surface area (Å²) in [5.74, 6) is 0.834. The molecule has 0 fully saturated rings. The molecular weight excluding hydrogens is 174 g/mol. The average Bonchev–Trinajstić information content (AvgIpc) is 2.18. The van der Waals surface area contributed by atoms with Crippen molar-refractivity contribution in [2.75, 3.05) is 20.2 Å². The van der Waals surface area contributed by atoms with Gasteiger partial charge < -0.3 is 10.1 Å². The fraction of sp³-hybridized carbons (Fsp3) is 1.00. The fourth-order valence-corrected chi connectivity index (χ4v) is 1.38. The molecule has 1 N–H and O–H groups in total. The first-order chi connectivity index (χ1) is 6.55. The van der Waals surface area contributed by atoms with Gasteiger partial charge in [0.1, 0.15) is 0 Å². The van der Waals surface area contributed by atoms with Crippen molar-refractivity contribution in [1.29, 1.82) is 0 Å². The molecule has 0 amide bonds. The maximum absolute atomic E-state index is 5.36. The molecule has 0 heterocycles. The molecule has 0 aliphatic rings. The van der Waals surface area contributed by atoms with Crippen LogP contribution >= 0.6 is 0 Å². The first kappa shape index (κ1) is 13.9. The topological polar surface area (TPSA) is 21.3 Å². The molecule has 0 aromatic rings. The predicted molar refractivity (Wildman–Crippen MR) is 62.6 cm³/mol. The van der Waals surface area contributed by atoms with Crippen molar-refractivity contribution in [3.63, 3.8) is 0 Å². The highest BCUT2D eigenvalue weighted by molar-refractivity contribution is 4.69. The Hall–Kier alpha value is -0.0800. The third-order valence-electron chi connectivity index (χ3n) is 3.04. The van der Waals surface area contributed by atoms with Crippen LogP contribution < -0.4 is 5.32 Å². The van der Waals surface area contributed by atoms with Crippen LogP contribution in [-0.4, -0.2) is 25.8 Å². The standard InChI is InChI=1S/C12H27NO/c1-6-11(7-2)10-13-9-8-12(3,4)14-5/h11,13H,6-10H2,1-5H3. The lowest BCUT2D eigenvalue weighted by atomic mass is 10.0. The zero-order chi connectivity index (χ0) is 11.0. The smallest absolute Gasteiger partial charge is 0.0634 e. The molecule has 14 heavy (non-hydrogen) atoms. The summed E-state index contributed by atoms with van der Waals surface area (Å²) < 4.78 is 5.36. The van der Waals surface area contributed by atoms with E-state index in [2.05, 4.69) is 33.0 Å².